The molecular weight excluding hydrogens is 250 g/mol. The largest absolute Gasteiger partial charge is 0.323 e. The summed E-state index contributed by atoms with van der Waals surface area (Å²) in [6, 6.07) is 5.20. The van der Waals surface area contributed by atoms with Crippen molar-refractivity contribution in [3.05, 3.63) is 46.8 Å². The molecule has 0 aliphatic carbocycles. The molecule has 0 spiro atoms. The molecule has 0 aliphatic heterocycles. The van der Waals surface area contributed by atoms with Gasteiger partial charge in [-0.1, -0.05) is 6.07 Å². The first kappa shape index (κ1) is 12.6. The number of urea groups is 1. The van der Waals surface area contributed by atoms with E-state index in [0.29, 0.717) is 11.4 Å². The molecule has 2 aromatic rings. The number of anilines is 2. The summed E-state index contributed by atoms with van der Waals surface area (Å²) in [5.74, 6) is 0. The number of hydrogen-bond donors (Lipinski definition) is 2. The number of rotatable bonds is 3. The Kier molecular flexibility index (Phi) is 3.42. The summed E-state index contributed by atoms with van der Waals surface area (Å²) in [5.41, 5.74) is 0.792. The summed E-state index contributed by atoms with van der Waals surface area (Å²) in [7, 11) is 1.73. The highest BCUT2D eigenvalue weighted by Gasteiger charge is 2.08. The van der Waals surface area contributed by atoms with Gasteiger partial charge in [0.2, 0.25) is 0 Å². The van der Waals surface area contributed by atoms with E-state index in [4.69, 9.17) is 0 Å². The molecule has 2 N–H and O–H groups in total. The Hall–Kier alpha value is -2.90. The number of hydrogen-bond acceptors (Lipinski definition) is 4. The van der Waals surface area contributed by atoms with E-state index in [2.05, 4.69) is 15.7 Å². The molecule has 98 valence electrons. The van der Waals surface area contributed by atoms with Crippen molar-refractivity contribution in [2.45, 2.75) is 0 Å². The standard InChI is InChI=1S/C11H11N5O3/c1-15-7-9(6-12-15)14-11(17)13-8-3-2-4-10(5-8)16(18)19/h2-7H,1H3,(H2,13,14,17). The number of aromatic nitrogens is 2. The fourth-order valence-electron chi connectivity index (χ4n) is 1.48. The zero-order valence-electron chi connectivity index (χ0n) is 10.0. The average molecular weight is 261 g/mol. The first-order valence-electron chi connectivity index (χ1n) is 5.36. The van der Waals surface area contributed by atoms with Crippen molar-refractivity contribution >= 4 is 23.1 Å². The van der Waals surface area contributed by atoms with Gasteiger partial charge in [-0.2, -0.15) is 5.10 Å². The Bertz CT molecular complexity index is 622. The minimum absolute atomic E-state index is 0.0841. The van der Waals surface area contributed by atoms with Gasteiger partial charge in [0, 0.05) is 31.1 Å². The molecule has 0 aliphatic rings. The SMILES string of the molecule is Cn1cc(NC(=O)Nc2cccc([N+](=O)[O-])c2)cn1. The molecule has 0 radical (unpaired) electrons. The molecule has 8 nitrogen and oxygen atoms in total. The zero-order chi connectivity index (χ0) is 13.8. The Morgan fingerprint density at radius 1 is 1.37 bits per heavy atom. The van der Waals surface area contributed by atoms with Crippen LogP contribution < -0.4 is 10.6 Å². The fourth-order valence-corrected chi connectivity index (χ4v) is 1.48. The summed E-state index contributed by atoms with van der Waals surface area (Å²) >= 11 is 0. The van der Waals surface area contributed by atoms with E-state index in [1.165, 1.54) is 24.4 Å². The van der Waals surface area contributed by atoms with Crippen LogP contribution in [0.25, 0.3) is 0 Å². The summed E-state index contributed by atoms with van der Waals surface area (Å²) in [4.78, 5) is 21.7. The van der Waals surface area contributed by atoms with E-state index in [-0.39, 0.29) is 5.69 Å². The third-order valence-corrected chi connectivity index (χ3v) is 2.28. The van der Waals surface area contributed by atoms with Crippen molar-refractivity contribution in [2.75, 3.05) is 10.6 Å². The molecule has 1 aromatic carbocycles. The van der Waals surface area contributed by atoms with Crippen molar-refractivity contribution in [1.82, 2.24) is 9.78 Å². The Morgan fingerprint density at radius 2 is 2.11 bits per heavy atom. The third kappa shape index (κ3) is 3.28. The second-order valence-corrected chi connectivity index (χ2v) is 3.79. The van der Waals surface area contributed by atoms with Crippen LogP contribution in [0.4, 0.5) is 21.9 Å². The summed E-state index contributed by atoms with van der Waals surface area (Å²) in [6.07, 6.45) is 3.13. The van der Waals surface area contributed by atoms with Crippen LogP contribution in [0.5, 0.6) is 0 Å². The number of carbonyl (C=O) groups excluding carboxylic acids is 1. The van der Waals surface area contributed by atoms with Crippen molar-refractivity contribution in [3.63, 3.8) is 0 Å². The molecule has 1 heterocycles. The lowest BCUT2D eigenvalue weighted by molar-refractivity contribution is -0.384. The van der Waals surface area contributed by atoms with E-state index >= 15 is 0 Å². The van der Waals surface area contributed by atoms with E-state index in [9.17, 15) is 14.9 Å². The topological polar surface area (TPSA) is 102 Å². The second kappa shape index (κ2) is 5.17. The molecule has 0 saturated carbocycles. The molecule has 19 heavy (non-hydrogen) atoms. The lowest BCUT2D eigenvalue weighted by atomic mass is 10.3. The maximum atomic E-state index is 11.6. The lowest BCUT2D eigenvalue weighted by Gasteiger charge is -2.05. The Labute approximate surface area is 108 Å². The monoisotopic (exact) mass is 261 g/mol. The van der Waals surface area contributed by atoms with Crippen LogP contribution in [0.15, 0.2) is 36.7 Å². The van der Waals surface area contributed by atoms with E-state index in [1.54, 1.807) is 24.0 Å². The number of non-ortho nitro benzene ring substituents is 1. The first-order valence-corrected chi connectivity index (χ1v) is 5.36. The Morgan fingerprint density at radius 3 is 2.74 bits per heavy atom. The highest BCUT2D eigenvalue weighted by Crippen LogP contribution is 2.17. The molecule has 0 saturated heterocycles. The quantitative estimate of drug-likeness (QED) is 0.651. The van der Waals surface area contributed by atoms with Gasteiger partial charge in [-0.3, -0.25) is 14.8 Å². The Balaban J connectivity index is 2.02. The zero-order valence-corrected chi connectivity index (χ0v) is 10.0. The van der Waals surface area contributed by atoms with Gasteiger partial charge < -0.3 is 10.6 Å². The van der Waals surface area contributed by atoms with Gasteiger partial charge in [-0.15, -0.1) is 0 Å². The molecule has 0 fully saturated rings. The highest BCUT2D eigenvalue weighted by molar-refractivity contribution is 5.99. The van der Waals surface area contributed by atoms with E-state index in [0.717, 1.165) is 0 Å². The van der Waals surface area contributed by atoms with Crippen LogP contribution in [0.3, 0.4) is 0 Å². The maximum absolute atomic E-state index is 11.6. The third-order valence-electron chi connectivity index (χ3n) is 2.28. The molecule has 0 unspecified atom stereocenters. The summed E-state index contributed by atoms with van der Waals surface area (Å²) in [5, 5.41) is 19.6. The molecule has 2 amide bonds. The van der Waals surface area contributed by atoms with Gasteiger partial charge in [-0.05, 0) is 6.07 Å². The minimum Gasteiger partial charge on any atom is -0.307 e. The van der Waals surface area contributed by atoms with Gasteiger partial charge in [-0.25, -0.2) is 4.79 Å². The number of benzene rings is 1. The van der Waals surface area contributed by atoms with Crippen LogP contribution in [-0.2, 0) is 7.05 Å². The lowest BCUT2D eigenvalue weighted by Crippen LogP contribution is -2.19. The number of nitrogens with zero attached hydrogens (tertiary/aromatic N) is 3. The number of nitrogens with one attached hydrogen (secondary N) is 2. The first-order chi connectivity index (χ1) is 9.04. The summed E-state index contributed by atoms with van der Waals surface area (Å²) in [6.45, 7) is 0. The van der Waals surface area contributed by atoms with Crippen LogP contribution in [0.2, 0.25) is 0 Å². The maximum Gasteiger partial charge on any atom is 0.323 e. The number of aryl methyl sites for hydroxylation is 1. The van der Waals surface area contributed by atoms with Crippen molar-refractivity contribution in [2.24, 2.45) is 7.05 Å². The molecule has 2 rings (SSSR count). The van der Waals surface area contributed by atoms with Gasteiger partial charge in [0.05, 0.1) is 16.8 Å². The van der Waals surface area contributed by atoms with E-state index < -0.39 is 11.0 Å². The molecule has 8 heteroatoms. The van der Waals surface area contributed by atoms with Crippen LogP contribution in [0, 0.1) is 10.1 Å². The average Bonchev–Trinajstić information content (AvgIpc) is 2.74. The van der Waals surface area contributed by atoms with Gasteiger partial charge in [0.15, 0.2) is 0 Å². The number of carbonyl (C=O) groups is 1. The number of nitro groups is 1. The number of nitro benzene ring substituents is 1. The smallest absolute Gasteiger partial charge is 0.307 e. The van der Waals surface area contributed by atoms with Gasteiger partial charge in [0.1, 0.15) is 0 Å². The van der Waals surface area contributed by atoms with Crippen molar-refractivity contribution in [3.8, 4) is 0 Å². The molecule has 0 bridgehead atoms. The van der Waals surface area contributed by atoms with Crippen LogP contribution in [-0.4, -0.2) is 20.7 Å². The highest BCUT2D eigenvalue weighted by atomic mass is 16.6. The molecule has 1 aromatic heterocycles. The predicted octanol–water partition coefficient (Wildman–Crippen LogP) is 1.97. The van der Waals surface area contributed by atoms with Crippen molar-refractivity contribution < 1.29 is 9.72 Å². The van der Waals surface area contributed by atoms with Gasteiger partial charge >= 0.3 is 6.03 Å². The number of amides is 2. The van der Waals surface area contributed by atoms with Crippen LogP contribution >= 0.6 is 0 Å². The van der Waals surface area contributed by atoms with Crippen molar-refractivity contribution in [1.29, 1.82) is 0 Å². The van der Waals surface area contributed by atoms with E-state index in [1.807, 2.05) is 0 Å². The molecule has 0 atom stereocenters. The fraction of sp³-hybridized carbons (Fsp3) is 0.0909. The predicted molar refractivity (Wildman–Crippen MR) is 68.9 cm³/mol. The summed E-state index contributed by atoms with van der Waals surface area (Å²) < 4.78 is 1.54. The minimum atomic E-state index is -0.524. The molecular formula is C11H11N5O3. The normalized spacial score (nSPS) is 9.95. The second-order valence-electron chi connectivity index (χ2n) is 3.79. The van der Waals surface area contributed by atoms with Crippen LogP contribution in [0.1, 0.15) is 0 Å². The van der Waals surface area contributed by atoms with Gasteiger partial charge in [0.25, 0.3) is 5.69 Å².